The van der Waals surface area contributed by atoms with Crippen LogP contribution in [0.25, 0.3) is 0 Å². The molecule has 3 N–H and O–H groups in total. The Hall–Kier alpha value is -2.05. The van der Waals surface area contributed by atoms with Crippen LogP contribution in [-0.2, 0) is 0 Å². The van der Waals surface area contributed by atoms with Crippen molar-refractivity contribution in [3.63, 3.8) is 0 Å². The number of halogens is 1. The van der Waals surface area contributed by atoms with Crippen molar-refractivity contribution in [3.05, 3.63) is 58.1 Å². The molecular weight excluding hydrogens is 350 g/mol. The highest BCUT2D eigenvalue weighted by atomic mass is 79.9. The van der Waals surface area contributed by atoms with Gasteiger partial charge in [-0.1, -0.05) is 28.1 Å². The first-order chi connectivity index (χ1) is 10.5. The first kappa shape index (κ1) is 16.3. The molecule has 0 bridgehead atoms. The molecular formula is C16H16BrNO4. The predicted octanol–water partition coefficient (Wildman–Crippen LogP) is 2.63. The number of aromatic hydroxyl groups is 1. The van der Waals surface area contributed by atoms with Crippen molar-refractivity contribution >= 4 is 21.8 Å². The van der Waals surface area contributed by atoms with Gasteiger partial charge >= 0.3 is 0 Å². The van der Waals surface area contributed by atoms with Crippen LogP contribution in [0, 0.1) is 0 Å². The lowest BCUT2D eigenvalue weighted by Crippen LogP contribution is -2.28. The Balaban J connectivity index is 1.99. The Kier molecular flexibility index (Phi) is 5.41. The monoisotopic (exact) mass is 365 g/mol. The molecule has 6 heteroatoms. The third-order valence-corrected chi connectivity index (χ3v) is 3.65. The summed E-state index contributed by atoms with van der Waals surface area (Å²) in [5.74, 6) is 0.130. The van der Waals surface area contributed by atoms with Gasteiger partial charge in [-0.25, -0.2) is 0 Å². The van der Waals surface area contributed by atoms with Crippen LogP contribution in [0.1, 0.15) is 22.0 Å². The number of aliphatic hydroxyl groups excluding tert-OH is 1. The van der Waals surface area contributed by atoms with Crippen molar-refractivity contribution < 1.29 is 19.7 Å². The molecule has 0 aliphatic rings. The molecule has 1 atom stereocenters. The van der Waals surface area contributed by atoms with E-state index in [0.29, 0.717) is 15.8 Å². The van der Waals surface area contributed by atoms with E-state index in [2.05, 4.69) is 21.2 Å². The molecule has 0 heterocycles. The van der Waals surface area contributed by atoms with Crippen molar-refractivity contribution in [2.24, 2.45) is 0 Å². The topological polar surface area (TPSA) is 78.8 Å². The van der Waals surface area contributed by atoms with E-state index in [4.69, 9.17) is 4.74 Å². The second kappa shape index (κ2) is 7.29. The first-order valence-electron chi connectivity index (χ1n) is 6.60. The summed E-state index contributed by atoms with van der Waals surface area (Å²) < 4.78 is 5.73. The Morgan fingerprint density at radius 2 is 1.95 bits per heavy atom. The molecule has 0 saturated carbocycles. The summed E-state index contributed by atoms with van der Waals surface area (Å²) in [7, 11) is 1.57. The smallest absolute Gasteiger partial charge is 0.255 e. The molecule has 2 aromatic carbocycles. The zero-order valence-electron chi connectivity index (χ0n) is 11.9. The molecule has 0 radical (unpaired) electrons. The largest absolute Gasteiger partial charge is 0.507 e. The van der Waals surface area contributed by atoms with E-state index in [1.807, 2.05) is 0 Å². The van der Waals surface area contributed by atoms with E-state index in [0.717, 1.165) is 0 Å². The van der Waals surface area contributed by atoms with Crippen LogP contribution in [0.4, 0.5) is 0 Å². The van der Waals surface area contributed by atoms with E-state index < -0.39 is 12.0 Å². The van der Waals surface area contributed by atoms with Crippen LogP contribution in [-0.4, -0.2) is 29.8 Å². The number of methoxy groups -OCH3 is 1. The summed E-state index contributed by atoms with van der Waals surface area (Å²) in [5, 5.41) is 22.4. The SMILES string of the molecule is COc1ccc(C(O)CNC(=O)c2cc(Br)ccc2O)cc1. The van der Waals surface area contributed by atoms with Gasteiger partial charge in [0.05, 0.1) is 18.8 Å². The number of amides is 1. The van der Waals surface area contributed by atoms with Crippen molar-refractivity contribution in [2.45, 2.75) is 6.10 Å². The van der Waals surface area contributed by atoms with Gasteiger partial charge in [-0.3, -0.25) is 4.79 Å². The van der Waals surface area contributed by atoms with E-state index in [1.54, 1.807) is 37.4 Å². The second-order valence-electron chi connectivity index (χ2n) is 4.66. The lowest BCUT2D eigenvalue weighted by Gasteiger charge is -2.13. The standard InChI is InChI=1S/C16H16BrNO4/c1-22-12-5-2-10(3-6-12)15(20)9-18-16(21)13-8-11(17)4-7-14(13)19/h2-8,15,19-20H,9H2,1H3,(H,18,21). The van der Waals surface area contributed by atoms with Gasteiger partial charge in [0.25, 0.3) is 5.91 Å². The first-order valence-corrected chi connectivity index (χ1v) is 7.39. The summed E-state index contributed by atoms with van der Waals surface area (Å²) in [6.07, 6.45) is -0.843. The highest BCUT2D eigenvalue weighted by molar-refractivity contribution is 9.10. The van der Waals surface area contributed by atoms with Gasteiger partial charge in [-0.05, 0) is 35.9 Å². The van der Waals surface area contributed by atoms with Crippen LogP contribution >= 0.6 is 15.9 Å². The molecule has 0 aliphatic carbocycles. The summed E-state index contributed by atoms with van der Waals surface area (Å²) in [6, 6.07) is 11.5. The molecule has 2 aromatic rings. The van der Waals surface area contributed by atoms with Crippen LogP contribution in [0.3, 0.4) is 0 Å². The minimum absolute atomic E-state index is 0.0388. The summed E-state index contributed by atoms with van der Waals surface area (Å²) in [5.41, 5.74) is 0.816. The molecule has 0 fully saturated rings. The quantitative estimate of drug-likeness (QED) is 0.760. The fourth-order valence-corrected chi connectivity index (χ4v) is 2.28. The summed E-state index contributed by atoms with van der Waals surface area (Å²) >= 11 is 3.24. The van der Waals surface area contributed by atoms with Gasteiger partial charge < -0.3 is 20.3 Å². The normalized spacial score (nSPS) is 11.8. The Bertz CT molecular complexity index is 658. The fourth-order valence-electron chi connectivity index (χ4n) is 1.92. The fraction of sp³-hybridized carbons (Fsp3) is 0.188. The van der Waals surface area contributed by atoms with Gasteiger partial charge in [-0.2, -0.15) is 0 Å². The molecule has 2 rings (SSSR count). The molecule has 22 heavy (non-hydrogen) atoms. The lowest BCUT2D eigenvalue weighted by atomic mass is 10.1. The Labute approximate surface area is 136 Å². The minimum atomic E-state index is -0.843. The highest BCUT2D eigenvalue weighted by Gasteiger charge is 2.14. The van der Waals surface area contributed by atoms with Crippen molar-refractivity contribution in [3.8, 4) is 11.5 Å². The molecule has 5 nitrogen and oxygen atoms in total. The number of ether oxygens (including phenoxy) is 1. The molecule has 1 unspecified atom stereocenters. The molecule has 116 valence electrons. The van der Waals surface area contributed by atoms with Crippen LogP contribution in [0.15, 0.2) is 46.9 Å². The maximum Gasteiger partial charge on any atom is 0.255 e. The number of carbonyl (C=O) groups is 1. The number of carbonyl (C=O) groups excluding carboxylic acids is 1. The Morgan fingerprint density at radius 1 is 1.27 bits per heavy atom. The highest BCUT2D eigenvalue weighted by Crippen LogP contribution is 2.22. The van der Waals surface area contributed by atoms with E-state index in [1.165, 1.54) is 12.1 Å². The number of phenols is 1. The van der Waals surface area contributed by atoms with Crippen molar-refractivity contribution in [1.29, 1.82) is 0 Å². The van der Waals surface area contributed by atoms with Gasteiger partial charge in [0.2, 0.25) is 0 Å². The maximum absolute atomic E-state index is 12.0. The number of hydrogen-bond acceptors (Lipinski definition) is 4. The van der Waals surface area contributed by atoms with E-state index in [-0.39, 0.29) is 17.9 Å². The molecule has 1 amide bonds. The summed E-state index contributed by atoms with van der Waals surface area (Å²) in [4.78, 5) is 12.0. The Morgan fingerprint density at radius 3 is 2.59 bits per heavy atom. The van der Waals surface area contributed by atoms with Crippen LogP contribution in [0.2, 0.25) is 0 Å². The number of phenolic OH excluding ortho intramolecular Hbond substituents is 1. The lowest BCUT2D eigenvalue weighted by molar-refractivity contribution is 0.0913. The zero-order valence-corrected chi connectivity index (χ0v) is 13.5. The van der Waals surface area contributed by atoms with Crippen molar-refractivity contribution in [1.82, 2.24) is 5.32 Å². The second-order valence-corrected chi connectivity index (χ2v) is 5.58. The van der Waals surface area contributed by atoms with Gasteiger partial charge in [0.1, 0.15) is 11.5 Å². The average Bonchev–Trinajstić information content (AvgIpc) is 2.54. The maximum atomic E-state index is 12.0. The molecule has 0 aromatic heterocycles. The number of hydrogen-bond donors (Lipinski definition) is 3. The van der Waals surface area contributed by atoms with Crippen molar-refractivity contribution in [2.75, 3.05) is 13.7 Å². The average molecular weight is 366 g/mol. The van der Waals surface area contributed by atoms with Gasteiger partial charge in [-0.15, -0.1) is 0 Å². The van der Waals surface area contributed by atoms with Crippen LogP contribution in [0.5, 0.6) is 11.5 Å². The third-order valence-electron chi connectivity index (χ3n) is 3.16. The number of nitrogens with one attached hydrogen (secondary N) is 1. The van der Waals surface area contributed by atoms with Crippen LogP contribution < -0.4 is 10.1 Å². The number of aliphatic hydroxyl groups is 1. The summed E-state index contributed by atoms with van der Waals surface area (Å²) in [6.45, 7) is 0.0388. The number of benzene rings is 2. The minimum Gasteiger partial charge on any atom is -0.507 e. The van der Waals surface area contributed by atoms with E-state index >= 15 is 0 Å². The van der Waals surface area contributed by atoms with Gasteiger partial charge in [0.15, 0.2) is 0 Å². The number of rotatable bonds is 5. The molecule has 0 saturated heterocycles. The molecule has 0 aliphatic heterocycles. The zero-order chi connectivity index (χ0) is 16.1. The predicted molar refractivity (Wildman–Crippen MR) is 86.1 cm³/mol. The molecule has 0 spiro atoms. The third kappa shape index (κ3) is 3.99. The van der Waals surface area contributed by atoms with E-state index in [9.17, 15) is 15.0 Å². The van der Waals surface area contributed by atoms with Gasteiger partial charge in [0, 0.05) is 11.0 Å².